The number of aryl methyl sites for hydroxylation is 1. The number of rotatable bonds is 6. The van der Waals surface area contributed by atoms with Crippen LogP contribution in [0.4, 0.5) is 13.2 Å². The molecule has 0 spiro atoms. The lowest BCUT2D eigenvalue weighted by Gasteiger charge is -2.42. The number of benzene rings is 2. The molecule has 0 unspecified atom stereocenters. The molecule has 4 rings (SSSR count). The molecule has 3 amide bonds. The fourth-order valence-electron chi connectivity index (χ4n) is 5.09. The van der Waals surface area contributed by atoms with Crippen LogP contribution in [0, 0.1) is 0 Å². The second kappa shape index (κ2) is 13.8. The SMILES string of the molecule is COCC(=O)N1CCN2C(=O)CN(CCCc3ccccc3)CCNC(=O)c3cc(C(F)(F)F)ccc3OC[C@@H]2C1. The fourth-order valence-corrected chi connectivity index (χ4v) is 5.09. The second-order valence-corrected chi connectivity index (χ2v) is 10.2. The van der Waals surface area contributed by atoms with Gasteiger partial charge in [0.2, 0.25) is 11.8 Å². The third-order valence-corrected chi connectivity index (χ3v) is 7.26. The average molecular weight is 577 g/mol. The first kappa shape index (κ1) is 30.3. The van der Waals surface area contributed by atoms with Crippen molar-refractivity contribution in [1.82, 2.24) is 20.0 Å². The van der Waals surface area contributed by atoms with E-state index in [1.807, 2.05) is 35.2 Å². The van der Waals surface area contributed by atoms with Crippen LogP contribution >= 0.6 is 0 Å². The molecule has 1 N–H and O–H groups in total. The lowest BCUT2D eigenvalue weighted by molar-refractivity contribution is -0.146. The second-order valence-electron chi connectivity index (χ2n) is 10.2. The molecule has 2 heterocycles. The summed E-state index contributed by atoms with van der Waals surface area (Å²) in [6, 6.07) is 12.1. The predicted molar refractivity (Wildman–Crippen MR) is 144 cm³/mol. The van der Waals surface area contributed by atoms with E-state index in [0.29, 0.717) is 19.6 Å². The Labute approximate surface area is 237 Å². The molecule has 2 aromatic carbocycles. The maximum Gasteiger partial charge on any atom is 0.416 e. The van der Waals surface area contributed by atoms with Crippen LogP contribution in [0.2, 0.25) is 0 Å². The molecular weight excluding hydrogens is 541 g/mol. The van der Waals surface area contributed by atoms with Gasteiger partial charge in [-0.25, -0.2) is 0 Å². The van der Waals surface area contributed by atoms with Gasteiger partial charge in [-0.2, -0.15) is 13.2 Å². The first-order valence-electron chi connectivity index (χ1n) is 13.6. The Morgan fingerprint density at radius 3 is 2.61 bits per heavy atom. The van der Waals surface area contributed by atoms with Crippen LogP contribution in [0.1, 0.15) is 27.9 Å². The number of ether oxygens (including phenoxy) is 2. The van der Waals surface area contributed by atoms with Crippen LogP contribution in [-0.2, 0) is 26.9 Å². The minimum atomic E-state index is -4.64. The number of carbonyl (C=O) groups excluding carboxylic acids is 3. The van der Waals surface area contributed by atoms with Gasteiger partial charge in [-0.1, -0.05) is 30.3 Å². The summed E-state index contributed by atoms with van der Waals surface area (Å²) in [4.78, 5) is 44.3. The number of methoxy groups -OCH3 is 1. The lowest BCUT2D eigenvalue weighted by Crippen LogP contribution is -2.60. The van der Waals surface area contributed by atoms with Gasteiger partial charge in [0.1, 0.15) is 19.0 Å². The number of halogens is 3. The predicted octanol–water partition coefficient (Wildman–Crippen LogP) is 2.45. The average Bonchev–Trinajstić information content (AvgIpc) is 2.96. The van der Waals surface area contributed by atoms with E-state index in [1.54, 1.807) is 9.80 Å². The maximum atomic E-state index is 13.5. The largest absolute Gasteiger partial charge is 0.491 e. The van der Waals surface area contributed by atoms with Crippen molar-refractivity contribution >= 4 is 17.7 Å². The summed E-state index contributed by atoms with van der Waals surface area (Å²) in [5, 5.41) is 2.69. The van der Waals surface area contributed by atoms with Crippen LogP contribution < -0.4 is 10.1 Å². The summed E-state index contributed by atoms with van der Waals surface area (Å²) < 4.78 is 51.2. The van der Waals surface area contributed by atoms with Crippen LogP contribution in [-0.4, -0.2) is 105 Å². The first-order valence-corrected chi connectivity index (χ1v) is 13.6. The summed E-state index contributed by atoms with van der Waals surface area (Å²) in [7, 11) is 1.42. The Kier molecular flexibility index (Phi) is 10.2. The van der Waals surface area contributed by atoms with Crippen molar-refractivity contribution in [2.45, 2.75) is 25.1 Å². The van der Waals surface area contributed by atoms with Crippen molar-refractivity contribution in [3.63, 3.8) is 0 Å². The number of carbonyl (C=O) groups is 3. The van der Waals surface area contributed by atoms with Crippen LogP contribution in [0.5, 0.6) is 5.75 Å². The van der Waals surface area contributed by atoms with E-state index in [1.165, 1.54) is 12.7 Å². The monoisotopic (exact) mass is 576 g/mol. The zero-order valence-corrected chi connectivity index (χ0v) is 23.0. The van der Waals surface area contributed by atoms with Gasteiger partial charge in [0, 0.05) is 39.8 Å². The Bertz CT molecular complexity index is 1210. The molecule has 1 atom stereocenters. The van der Waals surface area contributed by atoms with Crippen molar-refractivity contribution < 1.29 is 37.0 Å². The number of nitrogens with one attached hydrogen (secondary N) is 1. The minimum absolute atomic E-state index is 0.0257. The van der Waals surface area contributed by atoms with Gasteiger partial charge in [0.05, 0.1) is 23.7 Å². The molecule has 12 heteroatoms. The molecule has 2 aliphatic heterocycles. The number of hydrogen-bond donors (Lipinski definition) is 1. The van der Waals surface area contributed by atoms with Gasteiger partial charge in [-0.3, -0.25) is 19.3 Å². The first-order chi connectivity index (χ1) is 19.7. The van der Waals surface area contributed by atoms with Gasteiger partial charge < -0.3 is 24.6 Å². The highest BCUT2D eigenvalue weighted by molar-refractivity contribution is 5.97. The maximum absolute atomic E-state index is 13.5. The van der Waals surface area contributed by atoms with Crippen molar-refractivity contribution in [2.75, 3.05) is 66.1 Å². The highest BCUT2D eigenvalue weighted by Crippen LogP contribution is 2.33. The van der Waals surface area contributed by atoms with E-state index in [4.69, 9.17) is 9.47 Å². The molecule has 0 aliphatic carbocycles. The quantitative estimate of drug-likeness (QED) is 0.569. The molecule has 2 aromatic rings. The highest BCUT2D eigenvalue weighted by atomic mass is 19.4. The normalized spacial score (nSPS) is 19.2. The Morgan fingerprint density at radius 1 is 1.10 bits per heavy atom. The van der Waals surface area contributed by atoms with Crippen molar-refractivity contribution in [2.24, 2.45) is 0 Å². The van der Waals surface area contributed by atoms with Crippen molar-refractivity contribution in [3.05, 3.63) is 65.2 Å². The fraction of sp³-hybridized carbons (Fsp3) is 0.483. The summed E-state index contributed by atoms with van der Waals surface area (Å²) in [5.74, 6) is -1.10. The number of alkyl halides is 3. The molecule has 2 aliphatic rings. The summed E-state index contributed by atoms with van der Waals surface area (Å²) >= 11 is 0. The van der Waals surface area contributed by atoms with Gasteiger partial charge in [0.15, 0.2) is 0 Å². The smallest absolute Gasteiger partial charge is 0.416 e. The summed E-state index contributed by atoms with van der Waals surface area (Å²) in [6.45, 7) is 1.69. The third kappa shape index (κ3) is 8.20. The molecular formula is C29H35F3N4O5. The molecule has 0 aromatic heterocycles. The summed E-state index contributed by atoms with van der Waals surface area (Å²) in [5.41, 5.74) is -0.0347. The molecule has 1 saturated heterocycles. The van der Waals surface area contributed by atoms with Gasteiger partial charge in [0.25, 0.3) is 5.91 Å². The molecule has 222 valence electrons. The van der Waals surface area contributed by atoms with Crippen molar-refractivity contribution in [3.8, 4) is 5.75 Å². The number of amides is 3. The summed E-state index contributed by atoms with van der Waals surface area (Å²) in [6.07, 6.45) is -3.06. The number of nitrogens with zero attached hydrogens (tertiary/aromatic N) is 3. The number of piperazine rings is 1. The van der Waals surface area contributed by atoms with E-state index < -0.39 is 23.7 Å². The van der Waals surface area contributed by atoms with Crippen LogP contribution in [0.3, 0.4) is 0 Å². The van der Waals surface area contributed by atoms with Crippen molar-refractivity contribution in [1.29, 1.82) is 0 Å². The highest BCUT2D eigenvalue weighted by Gasteiger charge is 2.35. The molecule has 41 heavy (non-hydrogen) atoms. The minimum Gasteiger partial charge on any atom is -0.491 e. The topological polar surface area (TPSA) is 91.4 Å². The molecule has 9 nitrogen and oxygen atoms in total. The lowest BCUT2D eigenvalue weighted by atomic mass is 10.1. The van der Waals surface area contributed by atoms with Gasteiger partial charge in [-0.05, 0) is 43.1 Å². The number of fused-ring (bicyclic) bond motifs is 2. The van der Waals surface area contributed by atoms with Gasteiger partial charge in [-0.15, -0.1) is 0 Å². The molecule has 0 radical (unpaired) electrons. The third-order valence-electron chi connectivity index (χ3n) is 7.26. The standard InChI is InChI=1S/C29H35F3N4O5/c1-40-20-27(38)35-14-15-36-23(17-35)19-41-25-10-9-22(29(30,31)32)16-24(25)28(39)33-11-13-34(18-26(36)37)12-5-8-21-6-3-2-4-7-21/h2-4,6-7,9-10,16,23H,5,8,11-15,17-20H2,1H3,(H,33,39)/t23-/m0/s1. The molecule has 1 fully saturated rings. The van der Waals surface area contributed by atoms with E-state index in [-0.39, 0.29) is 62.5 Å². The zero-order valence-electron chi connectivity index (χ0n) is 23.0. The van der Waals surface area contributed by atoms with Gasteiger partial charge >= 0.3 is 6.18 Å². The number of hydrogen-bond acceptors (Lipinski definition) is 6. The Hall–Kier alpha value is -3.64. The van der Waals surface area contributed by atoms with E-state index in [0.717, 1.165) is 31.0 Å². The molecule has 0 bridgehead atoms. The zero-order chi connectivity index (χ0) is 29.4. The van der Waals surface area contributed by atoms with Crippen LogP contribution in [0.15, 0.2) is 48.5 Å². The van der Waals surface area contributed by atoms with E-state index in [2.05, 4.69) is 5.32 Å². The Balaban J connectivity index is 1.57. The van der Waals surface area contributed by atoms with Crippen LogP contribution in [0.25, 0.3) is 0 Å². The molecule has 0 saturated carbocycles. The van der Waals surface area contributed by atoms with E-state index >= 15 is 0 Å². The van der Waals surface area contributed by atoms with E-state index in [9.17, 15) is 27.6 Å². The Morgan fingerprint density at radius 2 is 1.88 bits per heavy atom.